The maximum absolute atomic E-state index is 0. The zero-order valence-electron chi connectivity index (χ0n) is 2.86. The summed E-state index contributed by atoms with van der Waals surface area (Å²) in [6.45, 7) is 0. The first-order valence-corrected chi connectivity index (χ1v) is 0. The second kappa shape index (κ2) is 383. The van der Waals surface area contributed by atoms with Gasteiger partial charge >= 0.3 is 0 Å². The average molecular weight is 220 g/mol. The molecule has 0 aromatic heterocycles. The summed E-state index contributed by atoms with van der Waals surface area (Å²) in [6.07, 6.45) is 0. The lowest BCUT2D eigenvalue weighted by Crippen LogP contribution is -0.381. The summed E-state index contributed by atoms with van der Waals surface area (Å²) in [5.74, 6) is 0. The van der Waals surface area contributed by atoms with Crippen LogP contribution in [0, 0.1) is 0 Å². The Kier molecular flexibility index (Phi) is 26900. The molecule has 0 N–H and O–H groups in total. The van der Waals surface area contributed by atoms with E-state index in [2.05, 4.69) is 0 Å². The van der Waals surface area contributed by atoms with Crippen molar-refractivity contribution < 1.29 is 14.1 Å². The van der Waals surface area contributed by atoms with Gasteiger partial charge in [0.1, 0.15) is 0 Å². The van der Waals surface area contributed by atoms with Crippen LogP contribution in [0.25, 0.3) is 0 Å². The van der Waals surface area contributed by atoms with Crippen LogP contribution in [-0.4, -0.2) is 8.41 Å². The van der Waals surface area contributed by atoms with E-state index in [0.29, 0.717) is 0 Å². The van der Waals surface area contributed by atoms with Crippen molar-refractivity contribution in [2.24, 2.45) is 0 Å². The SMILES string of the molecule is B.Cl.Cl.Cl.Cl.F.F.F. The van der Waals surface area contributed by atoms with Crippen molar-refractivity contribution in [3.63, 3.8) is 0 Å². The Balaban J connectivity index is 0. The van der Waals surface area contributed by atoms with E-state index < -0.39 is 0 Å². The summed E-state index contributed by atoms with van der Waals surface area (Å²) >= 11 is 0. The standard InChI is InChI=1S/BH3.4ClH.3FH/h1H3;7*1H. The minimum absolute atomic E-state index is 0. The van der Waals surface area contributed by atoms with Gasteiger partial charge in [-0.1, -0.05) is 0 Å². The predicted octanol–water partition coefficient (Wildman–Crippen LogP) is 0.961. The van der Waals surface area contributed by atoms with E-state index in [1.165, 1.54) is 0 Å². The van der Waals surface area contributed by atoms with E-state index >= 15 is 0 Å². The lowest BCUT2D eigenvalue weighted by molar-refractivity contribution is 1.11. The normalized spacial score (nSPS) is 0. The van der Waals surface area contributed by atoms with Gasteiger partial charge in [0, 0.05) is 0 Å². The molecule has 8 heteroatoms. The zero-order valence-corrected chi connectivity index (χ0v) is 6.12. The van der Waals surface area contributed by atoms with Crippen LogP contribution < -0.4 is 0 Å². The Labute approximate surface area is 72.5 Å². The molecule has 62 valence electrons. The molecule has 0 aromatic rings. The van der Waals surface area contributed by atoms with Gasteiger partial charge in [0.15, 0.2) is 0 Å². The summed E-state index contributed by atoms with van der Waals surface area (Å²) in [6, 6.07) is 0. The van der Waals surface area contributed by atoms with Gasteiger partial charge in [-0.2, -0.15) is 0 Å². The highest BCUT2D eigenvalue weighted by atomic mass is 35.5. The Hall–Kier alpha value is 1.01. The first kappa shape index (κ1) is 562. The molecule has 0 aliphatic carbocycles. The maximum Gasteiger partial charge on any atom is 0.0814 e. The van der Waals surface area contributed by atoms with Gasteiger partial charge in [-0.15, -0.1) is 49.6 Å². The monoisotopic (exact) mass is 218 g/mol. The van der Waals surface area contributed by atoms with E-state index in [1.807, 2.05) is 0 Å². The third-order valence-corrected chi connectivity index (χ3v) is 0. The lowest BCUT2D eigenvalue weighted by Gasteiger charge is -0.270. The van der Waals surface area contributed by atoms with E-state index in [0.717, 1.165) is 0 Å². The number of halogens is 7. The highest BCUT2D eigenvalue weighted by molar-refractivity contribution is 5.86. The highest BCUT2D eigenvalue weighted by Gasteiger charge is 0.0814. The van der Waals surface area contributed by atoms with Crippen LogP contribution in [0.3, 0.4) is 0 Å². The Morgan fingerprint density at radius 1 is 0.375 bits per heavy atom. The first-order valence-electron chi connectivity index (χ1n) is 0. The fourth-order valence-corrected chi connectivity index (χ4v) is 0. The second-order valence-corrected chi connectivity index (χ2v) is 0. The maximum atomic E-state index is 0. The molecule has 0 radical (unpaired) electrons. The van der Waals surface area contributed by atoms with Crippen molar-refractivity contribution in [3.8, 4) is 0 Å². The Morgan fingerprint density at radius 2 is 0.375 bits per heavy atom. The summed E-state index contributed by atoms with van der Waals surface area (Å²) in [4.78, 5) is 0. The van der Waals surface area contributed by atoms with Crippen molar-refractivity contribution >= 4 is 58.0 Å². The second-order valence-electron chi connectivity index (χ2n) is 0. The topological polar surface area (TPSA) is 0 Å². The van der Waals surface area contributed by atoms with Gasteiger partial charge < -0.3 is 0 Å². The third-order valence-electron chi connectivity index (χ3n) is 0. The number of hydrogen-bond acceptors (Lipinski definition) is 0. The van der Waals surface area contributed by atoms with E-state index in [1.54, 1.807) is 0 Å². The molecule has 0 aliphatic heterocycles. The molecule has 8 heavy (non-hydrogen) atoms. The van der Waals surface area contributed by atoms with Gasteiger partial charge in [-0.05, 0) is 0 Å². The molecule has 0 heterocycles. The van der Waals surface area contributed by atoms with Crippen molar-refractivity contribution in [1.82, 2.24) is 0 Å². The largest absolute Gasteiger partial charge is 0.269 e. The van der Waals surface area contributed by atoms with Crippen molar-refractivity contribution in [1.29, 1.82) is 0 Å². The minimum atomic E-state index is 0. The highest BCUT2D eigenvalue weighted by Crippen LogP contribution is 0.693. The van der Waals surface area contributed by atoms with Crippen LogP contribution in [0.5, 0.6) is 0 Å². The van der Waals surface area contributed by atoms with Gasteiger partial charge in [-0.25, -0.2) is 0 Å². The Morgan fingerprint density at radius 3 is 0.375 bits per heavy atom. The smallest absolute Gasteiger partial charge is 0.0814 e. The molecule has 0 nitrogen and oxygen atoms in total. The zero-order chi connectivity index (χ0) is 0. The van der Waals surface area contributed by atoms with Gasteiger partial charge in [0.25, 0.3) is 0 Å². The molecule has 0 atom stereocenters. The molecule has 0 fully saturated rings. The van der Waals surface area contributed by atoms with Crippen molar-refractivity contribution in [3.05, 3.63) is 0 Å². The Bertz CT molecular complexity index is 11.2. The molecule has 0 unspecified atom stereocenters. The van der Waals surface area contributed by atoms with Gasteiger partial charge in [0.2, 0.25) is 0 Å². The molecule has 0 aromatic carbocycles. The fraction of sp³-hybridized carbons (Fsp3) is 0. The molecular formula is H10BCl4F3. The first-order chi connectivity index (χ1) is 0. The van der Waals surface area contributed by atoms with E-state index in [-0.39, 0.29) is 72.2 Å². The van der Waals surface area contributed by atoms with Crippen LogP contribution in [0.4, 0.5) is 14.1 Å². The molecule has 0 saturated heterocycles. The molecular weight excluding hydrogens is 210 g/mol. The van der Waals surface area contributed by atoms with E-state index in [9.17, 15) is 0 Å². The fourth-order valence-electron chi connectivity index (χ4n) is 0. The third kappa shape index (κ3) is 246. The summed E-state index contributed by atoms with van der Waals surface area (Å²) in [5.41, 5.74) is 0. The molecule has 0 spiro atoms. The predicted molar refractivity (Wildman–Crippen MR) is 46.4 cm³/mol. The van der Waals surface area contributed by atoms with Crippen molar-refractivity contribution in [2.45, 2.75) is 0 Å². The van der Waals surface area contributed by atoms with Crippen LogP contribution in [-0.2, 0) is 0 Å². The molecule has 0 saturated carbocycles. The minimum Gasteiger partial charge on any atom is -0.269 e. The number of hydrogen-bond donors (Lipinski definition) is 0. The summed E-state index contributed by atoms with van der Waals surface area (Å²) in [5, 5.41) is 0. The lowest BCUT2D eigenvalue weighted by atomic mass is 10.8. The summed E-state index contributed by atoms with van der Waals surface area (Å²) < 4.78 is 0. The quantitative estimate of drug-likeness (QED) is 0.533. The molecule has 0 aliphatic rings. The number of rotatable bonds is 0. The molecule has 0 bridgehead atoms. The van der Waals surface area contributed by atoms with Crippen molar-refractivity contribution in [2.75, 3.05) is 0 Å². The van der Waals surface area contributed by atoms with Gasteiger partial charge in [0.05, 0.1) is 8.41 Å². The summed E-state index contributed by atoms with van der Waals surface area (Å²) in [7, 11) is 0. The van der Waals surface area contributed by atoms with Crippen LogP contribution >= 0.6 is 49.6 Å². The molecule has 0 amide bonds. The van der Waals surface area contributed by atoms with Crippen LogP contribution in [0.1, 0.15) is 0 Å². The van der Waals surface area contributed by atoms with E-state index in [4.69, 9.17) is 0 Å². The van der Waals surface area contributed by atoms with Crippen LogP contribution in [0.2, 0.25) is 0 Å². The van der Waals surface area contributed by atoms with Gasteiger partial charge in [-0.3, -0.25) is 14.1 Å². The molecule has 0 rings (SSSR count). The average Bonchev–Trinajstić information content (AvgIpc) is 0. The van der Waals surface area contributed by atoms with Crippen LogP contribution in [0.15, 0.2) is 0 Å².